The first-order valence-corrected chi connectivity index (χ1v) is 8.70. The van der Waals surface area contributed by atoms with Crippen LogP contribution in [0.4, 0.5) is 0 Å². The van der Waals surface area contributed by atoms with E-state index < -0.39 is 8.80 Å². The van der Waals surface area contributed by atoms with Gasteiger partial charge >= 0.3 is 0 Å². The van der Waals surface area contributed by atoms with Gasteiger partial charge in [0.2, 0.25) is 0 Å². The molecule has 0 aliphatic carbocycles. The maximum absolute atomic E-state index is 6.46. The number of benzene rings is 2. The molecule has 0 N–H and O–H groups in total. The normalized spacial score (nSPS) is 11.8. The molecular formula is C16H19ClSi. The summed E-state index contributed by atoms with van der Waals surface area (Å²) in [4.78, 5) is -0.136. The van der Waals surface area contributed by atoms with Gasteiger partial charge in [0.25, 0.3) is 0 Å². The van der Waals surface area contributed by atoms with Crippen LogP contribution in [0.2, 0.25) is 6.04 Å². The molecule has 0 aromatic heterocycles. The van der Waals surface area contributed by atoms with E-state index in [1.54, 1.807) is 0 Å². The zero-order chi connectivity index (χ0) is 13.0. The second-order valence-electron chi connectivity index (χ2n) is 5.30. The highest BCUT2D eigenvalue weighted by molar-refractivity contribution is 6.85. The zero-order valence-electron chi connectivity index (χ0n) is 10.9. The lowest BCUT2D eigenvalue weighted by Gasteiger charge is -2.24. The molecule has 0 saturated heterocycles. The Morgan fingerprint density at radius 2 is 1.22 bits per heavy atom. The van der Waals surface area contributed by atoms with Crippen LogP contribution in [0.3, 0.4) is 0 Å². The number of hydrogen-bond acceptors (Lipinski definition) is 0. The fourth-order valence-corrected chi connectivity index (χ4v) is 5.95. The predicted molar refractivity (Wildman–Crippen MR) is 84.0 cm³/mol. The Kier molecular flexibility index (Phi) is 4.26. The topological polar surface area (TPSA) is 0 Å². The molecule has 0 amide bonds. The summed E-state index contributed by atoms with van der Waals surface area (Å²) in [5, 5.41) is 2.94. The molecule has 18 heavy (non-hydrogen) atoms. The van der Waals surface area contributed by atoms with Crippen molar-refractivity contribution in [1.29, 1.82) is 0 Å². The Bertz CT molecular complexity index is 434. The fraction of sp³-hybridized carbons (Fsp3) is 0.250. The van der Waals surface area contributed by atoms with Gasteiger partial charge in [-0.3, -0.25) is 0 Å². The van der Waals surface area contributed by atoms with Crippen LogP contribution < -0.4 is 10.4 Å². The van der Waals surface area contributed by atoms with Gasteiger partial charge in [-0.15, -0.1) is 11.6 Å². The van der Waals surface area contributed by atoms with Crippen LogP contribution in [0.25, 0.3) is 0 Å². The lowest BCUT2D eigenvalue weighted by molar-refractivity contribution is 0.780. The summed E-state index contributed by atoms with van der Waals surface area (Å²) in [7, 11) is -1.21. The van der Waals surface area contributed by atoms with Crippen LogP contribution in [-0.4, -0.2) is 13.7 Å². The third-order valence-electron chi connectivity index (χ3n) is 3.09. The minimum atomic E-state index is -1.21. The first-order valence-electron chi connectivity index (χ1n) is 6.35. The SMILES string of the molecule is CC(C)(Cl)C[SiH](c1ccccc1)c1ccccc1. The van der Waals surface area contributed by atoms with Gasteiger partial charge in [-0.25, -0.2) is 0 Å². The molecule has 2 aromatic carbocycles. The monoisotopic (exact) mass is 274 g/mol. The fourth-order valence-electron chi connectivity index (χ4n) is 2.28. The van der Waals surface area contributed by atoms with E-state index in [9.17, 15) is 0 Å². The van der Waals surface area contributed by atoms with Crippen molar-refractivity contribution in [3.63, 3.8) is 0 Å². The van der Waals surface area contributed by atoms with Gasteiger partial charge in [0.1, 0.15) is 8.80 Å². The number of hydrogen-bond donors (Lipinski definition) is 0. The minimum absolute atomic E-state index is 0.136. The summed E-state index contributed by atoms with van der Waals surface area (Å²) in [5.74, 6) is 0. The van der Waals surface area contributed by atoms with Crippen molar-refractivity contribution in [1.82, 2.24) is 0 Å². The van der Waals surface area contributed by atoms with Crippen molar-refractivity contribution >= 4 is 30.8 Å². The summed E-state index contributed by atoms with van der Waals surface area (Å²) < 4.78 is 0. The molecule has 2 aromatic rings. The van der Waals surface area contributed by atoms with E-state index in [1.165, 1.54) is 10.4 Å². The maximum atomic E-state index is 6.46. The maximum Gasteiger partial charge on any atom is 0.104 e. The van der Waals surface area contributed by atoms with Gasteiger partial charge in [0.15, 0.2) is 0 Å². The third kappa shape index (κ3) is 3.72. The quantitative estimate of drug-likeness (QED) is 0.594. The molecule has 0 unspecified atom stereocenters. The molecule has 0 bridgehead atoms. The van der Waals surface area contributed by atoms with E-state index in [2.05, 4.69) is 74.5 Å². The highest BCUT2D eigenvalue weighted by Crippen LogP contribution is 2.20. The lowest BCUT2D eigenvalue weighted by Crippen LogP contribution is -2.45. The highest BCUT2D eigenvalue weighted by atomic mass is 35.5. The Hall–Kier alpha value is -1.05. The summed E-state index contributed by atoms with van der Waals surface area (Å²) in [6.45, 7) is 4.22. The number of rotatable bonds is 4. The minimum Gasteiger partial charge on any atom is -0.120 e. The average molecular weight is 275 g/mol. The molecule has 2 heteroatoms. The Morgan fingerprint density at radius 1 is 0.833 bits per heavy atom. The van der Waals surface area contributed by atoms with Crippen LogP contribution in [0, 0.1) is 0 Å². The summed E-state index contributed by atoms with van der Waals surface area (Å²) in [5.41, 5.74) is 0. The second-order valence-corrected chi connectivity index (χ2v) is 9.17. The van der Waals surface area contributed by atoms with Crippen molar-refractivity contribution < 1.29 is 0 Å². The summed E-state index contributed by atoms with van der Waals surface area (Å²) >= 11 is 6.46. The number of alkyl halides is 1. The number of halogens is 1. The highest BCUT2D eigenvalue weighted by Gasteiger charge is 2.24. The van der Waals surface area contributed by atoms with Gasteiger partial charge in [-0.1, -0.05) is 71.0 Å². The Morgan fingerprint density at radius 3 is 1.56 bits per heavy atom. The molecule has 0 nitrogen and oxygen atoms in total. The van der Waals surface area contributed by atoms with Crippen molar-refractivity contribution in [3.05, 3.63) is 60.7 Å². The first kappa shape index (κ1) is 13.4. The molecule has 0 saturated carbocycles. The lowest BCUT2D eigenvalue weighted by atomic mass is 10.2. The van der Waals surface area contributed by atoms with Gasteiger partial charge in [0.05, 0.1) is 0 Å². The standard InChI is InChI=1S/C16H19ClSi/c1-16(2,17)13-18(14-9-5-3-6-10-14)15-11-7-4-8-12-15/h3-12,18H,13H2,1-2H3. The van der Waals surface area contributed by atoms with Crippen LogP contribution >= 0.6 is 11.6 Å². The smallest absolute Gasteiger partial charge is 0.104 e. The summed E-state index contributed by atoms with van der Waals surface area (Å²) in [6, 6.07) is 22.7. The van der Waals surface area contributed by atoms with Crippen molar-refractivity contribution in [2.24, 2.45) is 0 Å². The van der Waals surface area contributed by atoms with Gasteiger partial charge in [-0.05, 0) is 19.9 Å². The van der Waals surface area contributed by atoms with E-state index in [0.717, 1.165) is 6.04 Å². The van der Waals surface area contributed by atoms with Crippen molar-refractivity contribution in [3.8, 4) is 0 Å². The van der Waals surface area contributed by atoms with E-state index in [-0.39, 0.29) is 4.87 Å². The third-order valence-corrected chi connectivity index (χ3v) is 7.31. The van der Waals surface area contributed by atoms with E-state index in [1.807, 2.05) is 0 Å². The molecule has 0 atom stereocenters. The van der Waals surface area contributed by atoms with E-state index in [4.69, 9.17) is 11.6 Å². The van der Waals surface area contributed by atoms with Crippen LogP contribution in [0.5, 0.6) is 0 Å². The molecule has 0 aliphatic heterocycles. The molecule has 0 radical (unpaired) electrons. The van der Waals surface area contributed by atoms with Crippen molar-refractivity contribution in [2.75, 3.05) is 0 Å². The van der Waals surface area contributed by atoms with Crippen LogP contribution in [0.15, 0.2) is 60.7 Å². The van der Waals surface area contributed by atoms with E-state index in [0.29, 0.717) is 0 Å². The molecule has 0 aliphatic rings. The molecular weight excluding hydrogens is 256 g/mol. The summed E-state index contributed by atoms with van der Waals surface area (Å²) in [6.07, 6.45) is 0. The van der Waals surface area contributed by atoms with Crippen molar-refractivity contribution in [2.45, 2.75) is 24.8 Å². The zero-order valence-corrected chi connectivity index (χ0v) is 12.8. The predicted octanol–water partition coefficient (Wildman–Crippen LogP) is 3.05. The Labute approximate surface area is 116 Å². The average Bonchev–Trinajstić information content (AvgIpc) is 2.37. The molecule has 0 heterocycles. The molecule has 0 spiro atoms. The van der Waals surface area contributed by atoms with Crippen LogP contribution in [0.1, 0.15) is 13.8 Å². The molecule has 2 rings (SSSR count). The molecule has 0 fully saturated rings. The first-order chi connectivity index (χ1) is 8.56. The van der Waals surface area contributed by atoms with Crippen LogP contribution in [-0.2, 0) is 0 Å². The van der Waals surface area contributed by atoms with Gasteiger partial charge in [-0.2, -0.15) is 0 Å². The second kappa shape index (κ2) is 5.72. The largest absolute Gasteiger partial charge is 0.120 e. The van der Waals surface area contributed by atoms with Gasteiger partial charge in [0, 0.05) is 4.87 Å². The Balaban J connectivity index is 2.36. The molecule has 94 valence electrons. The van der Waals surface area contributed by atoms with E-state index >= 15 is 0 Å². The van der Waals surface area contributed by atoms with Gasteiger partial charge < -0.3 is 0 Å².